The molecule has 6 rings (SSSR count). The highest BCUT2D eigenvalue weighted by molar-refractivity contribution is 6.35. The first-order chi connectivity index (χ1) is 19.1. The van der Waals surface area contributed by atoms with Gasteiger partial charge in [0.05, 0.1) is 17.3 Å². The number of benzene rings is 2. The van der Waals surface area contributed by atoms with E-state index in [0.29, 0.717) is 52.1 Å². The molecule has 2 N–H and O–H groups in total. The molecule has 2 aromatic rings. The van der Waals surface area contributed by atoms with Gasteiger partial charge in [0.2, 0.25) is 5.91 Å². The van der Waals surface area contributed by atoms with Crippen LogP contribution in [0.1, 0.15) is 50.2 Å². The lowest BCUT2D eigenvalue weighted by atomic mass is 9.89. The van der Waals surface area contributed by atoms with E-state index in [4.69, 9.17) is 23.2 Å². The third-order valence-electron chi connectivity index (χ3n) is 7.89. The van der Waals surface area contributed by atoms with E-state index in [1.54, 1.807) is 53.1 Å². The summed E-state index contributed by atoms with van der Waals surface area (Å²) < 4.78 is 0. The van der Waals surface area contributed by atoms with E-state index >= 15 is 0 Å². The van der Waals surface area contributed by atoms with Gasteiger partial charge in [0, 0.05) is 22.5 Å². The van der Waals surface area contributed by atoms with Gasteiger partial charge in [-0.3, -0.25) is 19.3 Å². The number of hydrogen-bond donors (Lipinski definition) is 2. The maximum Gasteiger partial charge on any atom is 0.268 e. The number of hydrogen-bond acceptors (Lipinski definition) is 5. The van der Waals surface area contributed by atoms with Gasteiger partial charge in [0.1, 0.15) is 22.6 Å². The average Bonchev–Trinajstić information content (AvgIpc) is 3.85. The van der Waals surface area contributed by atoms with Crippen LogP contribution in [0.15, 0.2) is 66.1 Å². The van der Waals surface area contributed by atoms with Crippen LogP contribution in [-0.2, 0) is 20.8 Å². The van der Waals surface area contributed by atoms with Crippen LogP contribution < -0.4 is 15.5 Å². The molecule has 2 aliphatic carbocycles. The first-order valence-corrected chi connectivity index (χ1v) is 14.0. The van der Waals surface area contributed by atoms with Gasteiger partial charge in [-0.2, -0.15) is 5.26 Å². The molecule has 2 saturated carbocycles. The number of carbonyl (C=O) groups is 3. The number of nitriles is 1. The van der Waals surface area contributed by atoms with Crippen LogP contribution in [0.4, 0.5) is 5.69 Å². The van der Waals surface area contributed by atoms with Gasteiger partial charge in [0.15, 0.2) is 0 Å². The van der Waals surface area contributed by atoms with Crippen molar-refractivity contribution in [3.8, 4) is 6.07 Å². The summed E-state index contributed by atoms with van der Waals surface area (Å²) in [6.07, 6.45) is 7.42. The Kier molecular flexibility index (Phi) is 6.40. The number of fused-ring (bicyclic) bond motifs is 1. The van der Waals surface area contributed by atoms with Crippen LogP contribution in [-0.4, -0.2) is 39.7 Å². The third-order valence-corrected chi connectivity index (χ3v) is 8.32. The minimum absolute atomic E-state index is 0.149. The summed E-state index contributed by atoms with van der Waals surface area (Å²) in [7, 11) is 0. The number of nitrogens with one attached hydrogen (secondary N) is 2. The second-order valence-corrected chi connectivity index (χ2v) is 11.9. The molecule has 1 saturated heterocycles. The zero-order valence-electron chi connectivity index (χ0n) is 21.8. The number of carbonyl (C=O) groups excluding carboxylic acids is 3. The number of rotatable bonds is 7. The number of allylic oxidation sites excluding steroid dienone is 2. The highest BCUT2D eigenvalue weighted by Crippen LogP contribution is 2.45. The van der Waals surface area contributed by atoms with E-state index in [9.17, 15) is 19.6 Å². The third kappa shape index (κ3) is 4.63. The van der Waals surface area contributed by atoms with Crippen molar-refractivity contribution in [3.05, 3.63) is 87.3 Å². The Morgan fingerprint density at radius 3 is 2.35 bits per heavy atom. The lowest BCUT2D eigenvalue weighted by Crippen LogP contribution is -2.54. The van der Waals surface area contributed by atoms with Crippen LogP contribution >= 0.6 is 23.2 Å². The molecule has 2 aromatic carbocycles. The normalized spacial score (nSPS) is 22.6. The van der Waals surface area contributed by atoms with Gasteiger partial charge in [-0.15, -0.1) is 0 Å². The van der Waals surface area contributed by atoms with Crippen LogP contribution in [0, 0.1) is 11.3 Å². The Labute approximate surface area is 242 Å². The summed E-state index contributed by atoms with van der Waals surface area (Å²) in [5.41, 5.74) is 0.0165. The van der Waals surface area contributed by atoms with Crippen molar-refractivity contribution in [2.24, 2.45) is 0 Å². The first-order valence-electron chi connectivity index (χ1n) is 13.3. The molecule has 204 valence electrons. The lowest BCUT2D eigenvalue weighted by Gasteiger charge is -2.37. The molecular weight excluding hydrogens is 549 g/mol. The molecule has 4 aliphatic rings. The van der Waals surface area contributed by atoms with Crippen molar-refractivity contribution in [1.82, 2.24) is 15.5 Å². The molecule has 3 fully saturated rings. The zero-order chi connectivity index (χ0) is 28.2. The van der Waals surface area contributed by atoms with Gasteiger partial charge >= 0.3 is 0 Å². The maximum atomic E-state index is 14.3. The molecule has 2 aliphatic heterocycles. The largest absolute Gasteiger partial charge is 0.351 e. The number of amides is 3. The lowest BCUT2D eigenvalue weighted by molar-refractivity contribution is -0.130. The summed E-state index contributed by atoms with van der Waals surface area (Å²) in [6, 6.07) is 14.3. The van der Waals surface area contributed by atoms with Crippen molar-refractivity contribution < 1.29 is 14.4 Å². The van der Waals surface area contributed by atoms with Gasteiger partial charge in [0.25, 0.3) is 11.8 Å². The van der Waals surface area contributed by atoms with E-state index in [-0.39, 0.29) is 24.3 Å². The fourth-order valence-corrected chi connectivity index (χ4v) is 5.97. The summed E-state index contributed by atoms with van der Waals surface area (Å²) >= 11 is 12.6. The number of halogens is 2. The Hall–Kier alpha value is -3.80. The molecule has 3 amide bonds. The van der Waals surface area contributed by atoms with E-state index < -0.39 is 17.0 Å². The second-order valence-electron chi connectivity index (χ2n) is 11.0. The number of nitrogens with zero attached hydrogens (tertiary/aromatic N) is 3. The van der Waals surface area contributed by atoms with Crippen LogP contribution in [0.25, 0.3) is 0 Å². The predicted molar refractivity (Wildman–Crippen MR) is 151 cm³/mol. The Bertz CT molecular complexity index is 1520. The molecule has 0 radical (unpaired) electrons. The van der Waals surface area contributed by atoms with Crippen molar-refractivity contribution in [1.29, 1.82) is 5.26 Å². The Morgan fingerprint density at radius 2 is 1.75 bits per heavy atom. The fourth-order valence-electron chi connectivity index (χ4n) is 5.46. The van der Waals surface area contributed by atoms with Crippen LogP contribution in [0.3, 0.4) is 0 Å². The smallest absolute Gasteiger partial charge is 0.268 e. The zero-order valence-corrected chi connectivity index (χ0v) is 23.4. The SMILES string of the molecule is CC1(Cc2ccc(C#N)cc2)C(=O)N(c2cc(Cl)cc(Cl)c2)C2=CCC=C(C(=O)NC3(C(=O)NC4CC4)CC3)N21. The standard InChI is InChI=1S/C30H27Cl2N5O3/c1-29(16-18-5-7-19(17-33)8-6-18)28(40)36(23-14-20(31)13-21(32)15-23)25-4-2-3-24(37(25)29)26(38)35-30(11-12-30)27(39)34-22-9-10-22/h3-8,13-15,22H,2,9-12,16H2,1H3,(H,34,39)(H,35,38). The molecule has 8 nitrogen and oxygen atoms in total. The van der Waals surface area contributed by atoms with Gasteiger partial charge < -0.3 is 15.5 Å². The first kappa shape index (κ1) is 26.4. The quantitative estimate of drug-likeness (QED) is 0.503. The van der Waals surface area contributed by atoms with Gasteiger partial charge in [-0.05, 0) is 81.0 Å². The molecule has 0 aromatic heterocycles. The van der Waals surface area contributed by atoms with Gasteiger partial charge in [-0.1, -0.05) is 41.4 Å². The molecule has 0 spiro atoms. The Balaban J connectivity index is 1.37. The summed E-state index contributed by atoms with van der Waals surface area (Å²) in [5, 5.41) is 16.0. The average molecular weight is 576 g/mol. The highest BCUT2D eigenvalue weighted by Gasteiger charge is 2.57. The summed E-state index contributed by atoms with van der Waals surface area (Å²) in [6.45, 7) is 1.80. The molecule has 10 heteroatoms. The van der Waals surface area contributed by atoms with Crippen molar-refractivity contribution in [3.63, 3.8) is 0 Å². The molecule has 2 heterocycles. The molecule has 1 atom stereocenters. The maximum absolute atomic E-state index is 14.3. The predicted octanol–water partition coefficient (Wildman–Crippen LogP) is 4.57. The summed E-state index contributed by atoms with van der Waals surface area (Å²) in [4.78, 5) is 44.4. The Morgan fingerprint density at radius 1 is 1.07 bits per heavy atom. The van der Waals surface area contributed by atoms with Crippen molar-refractivity contribution in [2.75, 3.05) is 4.90 Å². The number of anilines is 1. The van der Waals surface area contributed by atoms with E-state index in [1.807, 2.05) is 18.2 Å². The monoisotopic (exact) mass is 575 g/mol. The molecular formula is C30H27Cl2N5O3. The molecule has 0 bridgehead atoms. The van der Waals surface area contributed by atoms with Gasteiger partial charge in [-0.25, -0.2) is 0 Å². The highest BCUT2D eigenvalue weighted by atomic mass is 35.5. The van der Waals surface area contributed by atoms with Crippen molar-refractivity contribution >= 4 is 46.6 Å². The second kappa shape index (κ2) is 9.69. The molecule has 1 unspecified atom stereocenters. The minimum Gasteiger partial charge on any atom is -0.351 e. The van der Waals surface area contributed by atoms with E-state index in [1.165, 1.54) is 0 Å². The molecule has 40 heavy (non-hydrogen) atoms. The van der Waals surface area contributed by atoms with Crippen LogP contribution in [0.2, 0.25) is 10.0 Å². The fraction of sp³-hybridized carbons (Fsp3) is 0.333. The minimum atomic E-state index is -1.20. The van der Waals surface area contributed by atoms with Crippen LogP contribution in [0.5, 0.6) is 0 Å². The van der Waals surface area contributed by atoms with E-state index in [2.05, 4.69) is 16.7 Å². The summed E-state index contributed by atoms with van der Waals surface area (Å²) in [5.74, 6) is -0.281. The topological polar surface area (TPSA) is 106 Å². The van der Waals surface area contributed by atoms with E-state index in [0.717, 1.165) is 18.4 Å². The van der Waals surface area contributed by atoms with Crippen molar-refractivity contribution in [2.45, 2.75) is 62.6 Å².